The standard InChI is InChI=1S/C14H18NO5PS/c1-3-19-21(18,20-4-2)13-12(16)15(14(17)22-13)10-11-8-6-5-7-9-11/h5-9,13H,3-4,10H2,1-2H3. The third-order valence-corrected chi connectivity index (χ3v) is 6.97. The van der Waals surface area contributed by atoms with Crippen LogP contribution in [0.4, 0.5) is 4.79 Å². The highest BCUT2D eigenvalue weighted by Gasteiger charge is 2.52. The van der Waals surface area contributed by atoms with Crippen LogP contribution < -0.4 is 0 Å². The number of hydrogen-bond acceptors (Lipinski definition) is 6. The maximum atomic E-state index is 12.7. The van der Waals surface area contributed by atoms with Crippen LogP contribution in [0.25, 0.3) is 0 Å². The quantitative estimate of drug-likeness (QED) is 0.706. The Labute approximate surface area is 133 Å². The van der Waals surface area contributed by atoms with Crippen LogP contribution in [-0.4, -0.2) is 34.3 Å². The van der Waals surface area contributed by atoms with Crippen LogP contribution in [-0.2, 0) is 25.0 Å². The molecule has 0 N–H and O–H groups in total. The number of hydrogen-bond donors (Lipinski definition) is 0. The first-order chi connectivity index (χ1) is 10.5. The smallest absolute Gasteiger partial charge is 0.308 e. The maximum Gasteiger partial charge on any atom is 0.353 e. The number of rotatable bonds is 7. The summed E-state index contributed by atoms with van der Waals surface area (Å²) in [4.78, 5) is 24.5. The van der Waals surface area contributed by atoms with E-state index in [0.717, 1.165) is 10.5 Å². The molecule has 1 saturated heterocycles. The van der Waals surface area contributed by atoms with Gasteiger partial charge in [0.1, 0.15) is 0 Å². The fourth-order valence-corrected chi connectivity index (χ4v) is 5.40. The van der Waals surface area contributed by atoms with Crippen molar-refractivity contribution in [2.45, 2.75) is 25.4 Å². The van der Waals surface area contributed by atoms with Crippen molar-refractivity contribution in [3.05, 3.63) is 35.9 Å². The van der Waals surface area contributed by atoms with Gasteiger partial charge in [-0.25, -0.2) is 0 Å². The van der Waals surface area contributed by atoms with E-state index in [1.54, 1.807) is 13.8 Å². The average molecular weight is 343 g/mol. The summed E-state index contributed by atoms with van der Waals surface area (Å²) in [6.45, 7) is 3.78. The zero-order valence-corrected chi connectivity index (χ0v) is 14.1. The summed E-state index contributed by atoms with van der Waals surface area (Å²) in [6.07, 6.45) is 0. The molecule has 1 heterocycles. The molecule has 0 aliphatic carbocycles. The molecule has 1 fully saturated rings. The van der Waals surface area contributed by atoms with Crippen molar-refractivity contribution in [2.24, 2.45) is 0 Å². The monoisotopic (exact) mass is 343 g/mol. The molecule has 1 atom stereocenters. The molecule has 22 heavy (non-hydrogen) atoms. The topological polar surface area (TPSA) is 72.9 Å². The molecule has 0 saturated carbocycles. The van der Waals surface area contributed by atoms with Gasteiger partial charge >= 0.3 is 7.60 Å². The van der Waals surface area contributed by atoms with E-state index in [1.165, 1.54) is 0 Å². The molecule has 0 bridgehead atoms. The first kappa shape index (κ1) is 17.2. The summed E-state index contributed by atoms with van der Waals surface area (Å²) in [5.41, 5.74) is 0.827. The molecule has 2 rings (SSSR count). The van der Waals surface area contributed by atoms with Gasteiger partial charge in [0.15, 0.2) is 4.99 Å². The van der Waals surface area contributed by atoms with E-state index in [1.807, 2.05) is 30.3 Å². The van der Waals surface area contributed by atoms with Gasteiger partial charge in [-0.05, 0) is 31.2 Å². The van der Waals surface area contributed by atoms with E-state index in [9.17, 15) is 14.2 Å². The molecule has 0 spiro atoms. The maximum absolute atomic E-state index is 12.7. The van der Waals surface area contributed by atoms with Crippen molar-refractivity contribution in [3.8, 4) is 0 Å². The lowest BCUT2D eigenvalue weighted by atomic mass is 10.2. The number of carbonyl (C=O) groups excluding carboxylic acids is 2. The molecule has 6 nitrogen and oxygen atoms in total. The molecule has 1 aliphatic heterocycles. The molecule has 1 aromatic carbocycles. The van der Waals surface area contributed by atoms with E-state index in [4.69, 9.17) is 9.05 Å². The molecule has 0 aromatic heterocycles. The average Bonchev–Trinajstić information content (AvgIpc) is 2.78. The Kier molecular flexibility index (Phi) is 5.81. The molecule has 1 aromatic rings. The van der Waals surface area contributed by atoms with Crippen molar-refractivity contribution >= 4 is 30.5 Å². The van der Waals surface area contributed by atoms with Gasteiger partial charge in [-0.3, -0.25) is 19.1 Å². The van der Waals surface area contributed by atoms with Crippen molar-refractivity contribution in [1.29, 1.82) is 0 Å². The van der Waals surface area contributed by atoms with Crippen LogP contribution >= 0.6 is 19.4 Å². The summed E-state index contributed by atoms with van der Waals surface area (Å²) >= 11 is 0.712. The molecule has 1 unspecified atom stereocenters. The van der Waals surface area contributed by atoms with Crippen molar-refractivity contribution in [1.82, 2.24) is 4.90 Å². The third-order valence-electron chi connectivity index (χ3n) is 3.00. The zero-order valence-electron chi connectivity index (χ0n) is 12.4. The lowest BCUT2D eigenvalue weighted by molar-refractivity contribution is -0.126. The highest BCUT2D eigenvalue weighted by atomic mass is 32.2. The minimum Gasteiger partial charge on any atom is -0.308 e. The number of nitrogens with zero attached hydrogens (tertiary/aromatic N) is 1. The summed E-state index contributed by atoms with van der Waals surface area (Å²) in [5.74, 6) is -0.524. The van der Waals surface area contributed by atoms with Gasteiger partial charge in [-0.2, -0.15) is 0 Å². The Morgan fingerprint density at radius 3 is 2.27 bits per heavy atom. The molecule has 1 aliphatic rings. The Morgan fingerprint density at radius 2 is 1.73 bits per heavy atom. The summed E-state index contributed by atoms with van der Waals surface area (Å²) in [6, 6.07) is 9.16. The van der Waals surface area contributed by atoms with Crippen LogP contribution in [0.2, 0.25) is 0 Å². The van der Waals surface area contributed by atoms with Gasteiger partial charge in [-0.1, -0.05) is 30.3 Å². The van der Waals surface area contributed by atoms with Gasteiger partial charge in [-0.15, -0.1) is 0 Å². The normalized spacial score (nSPS) is 19.0. The van der Waals surface area contributed by atoms with E-state index in [2.05, 4.69) is 0 Å². The van der Waals surface area contributed by atoms with E-state index < -0.39 is 23.7 Å². The van der Waals surface area contributed by atoms with Crippen molar-refractivity contribution < 1.29 is 23.2 Å². The minimum atomic E-state index is -3.65. The SMILES string of the molecule is CCOP(=O)(OCC)C1SC(=O)N(Cc2ccccc2)C1=O. The van der Waals surface area contributed by atoms with Crippen LogP contribution in [0, 0.1) is 0 Å². The van der Waals surface area contributed by atoms with Gasteiger partial charge in [0.25, 0.3) is 11.1 Å². The third kappa shape index (κ3) is 3.60. The van der Waals surface area contributed by atoms with Crippen LogP contribution in [0.5, 0.6) is 0 Å². The number of amides is 2. The minimum absolute atomic E-state index is 0.147. The number of benzene rings is 1. The summed E-state index contributed by atoms with van der Waals surface area (Å²) in [7, 11) is -3.65. The largest absolute Gasteiger partial charge is 0.353 e. The predicted molar refractivity (Wildman–Crippen MR) is 84.6 cm³/mol. The highest BCUT2D eigenvalue weighted by molar-refractivity contribution is 8.19. The highest BCUT2D eigenvalue weighted by Crippen LogP contribution is 2.60. The second-order valence-electron chi connectivity index (χ2n) is 4.52. The van der Waals surface area contributed by atoms with Gasteiger partial charge in [0, 0.05) is 0 Å². The summed E-state index contributed by atoms with van der Waals surface area (Å²) in [5, 5.41) is -0.432. The lowest BCUT2D eigenvalue weighted by Gasteiger charge is -2.21. The fourth-order valence-electron chi connectivity index (χ4n) is 2.07. The molecule has 0 radical (unpaired) electrons. The molecular formula is C14H18NO5PS. The Balaban J connectivity index is 2.19. The van der Waals surface area contributed by atoms with Crippen LogP contribution in [0.15, 0.2) is 30.3 Å². The fraction of sp³-hybridized carbons (Fsp3) is 0.429. The first-order valence-corrected chi connectivity index (χ1v) is 9.45. The van der Waals surface area contributed by atoms with Crippen molar-refractivity contribution in [3.63, 3.8) is 0 Å². The number of carbonyl (C=O) groups is 2. The predicted octanol–water partition coefficient (Wildman–Crippen LogP) is 3.47. The van der Waals surface area contributed by atoms with Gasteiger partial charge in [0.2, 0.25) is 0 Å². The van der Waals surface area contributed by atoms with Crippen LogP contribution in [0.3, 0.4) is 0 Å². The van der Waals surface area contributed by atoms with Crippen LogP contribution in [0.1, 0.15) is 19.4 Å². The summed E-state index contributed by atoms with van der Waals surface area (Å²) < 4.78 is 23.1. The van der Waals surface area contributed by atoms with Gasteiger partial charge < -0.3 is 9.05 Å². The Hall–Kier alpha value is -1.14. The van der Waals surface area contributed by atoms with E-state index >= 15 is 0 Å². The molecule has 2 amide bonds. The van der Waals surface area contributed by atoms with Gasteiger partial charge in [0.05, 0.1) is 19.8 Å². The number of thioether (sulfide) groups is 1. The number of imide groups is 1. The second-order valence-corrected chi connectivity index (χ2v) is 8.04. The second kappa shape index (κ2) is 7.42. The zero-order chi connectivity index (χ0) is 16.2. The Bertz CT molecular complexity index is 584. The van der Waals surface area contributed by atoms with E-state index in [0.29, 0.717) is 11.8 Å². The molecule has 8 heteroatoms. The van der Waals surface area contributed by atoms with Crippen molar-refractivity contribution in [2.75, 3.05) is 13.2 Å². The molecule has 120 valence electrons. The van der Waals surface area contributed by atoms with E-state index in [-0.39, 0.29) is 19.8 Å². The first-order valence-electron chi connectivity index (χ1n) is 6.96. The Morgan fingerprint density at radius 1 is 1.14 bits per heavy atom. The lowest BCUT2D eigenvalue weighted by Crippen LogP contribution is -2.31. The molecular weight excluding hydrogens is 325 g/mol.